The van der Waals surface area contributed by atoms with Gasteiger partial charge in [-0.3, -0.25) is 14.4 Å². The van der Waals surface area contributed by atoms with Gasteiger partial charge in [0, 0.05) is 24.5 Å². The van der Waals surface area contributed by atoms with E-state index in [1.165, 1.54) is 23.1 Å². The fourth-order valence-corrected chi connectivity index (χ4v) is 6.38. The van der Waals surface area contributed by atoms with Crippen LogP contribution in [0, 0.1) is 0 Å². The van der Waals surface area contributed by atoms with E-state index in [1.54, 1.807) is 35.2 Å². The number of benzene rings is 3. The van der Waals surface area contributed by atoms with E-state index in [0.717, 1.165) is 25.8 Å². The topological polar surface area (TPSA) is 101 Å². The number of rotatable bonds is 8. The van der Waals surface area contributed by atoms with Gasteiger partial charge in [0.15, 0.2) is 4.34 Å². The minimum atomic E-state index is -0.353. The van der Waals surface area contributed by atoms with Gasteiger partial charge in [-0.05, 0) is 47.9 Å². The van der Waals surface area contributed by atoms with Crippen molar-refractivity contribution < 1.29 is 19.1 Å². The number of aromatic nitrogens is 1. The van der Waals surface area contributed by atoms with Crippen molar-refractivity contribution in [2.75, 3.05) is 42.7 Å². The molecular weight excluding hydrogens is 544 g/mol. The number of carbonyl (C=O) groups is 3. The molecule has 2 N–H and O–H groups in total. The molecule has 3 aromatic carbocycles. The maximum absolute atomic E-state index is 13.2. The summed E-state index contributed by atoms with van der Waals surface area (Å²) in [4.78, 5) is 45.2. The van der Waals surface area contributed by atoms with Crippen LogP contribution < -0.4 is 10.6 Å². The number of para-hydroxylation sites is 1. The fourth-order valence-electron chi connectivity index (χ4n) is 4.47. The Morgan fingerprint density at radius 1 is 0.975 bits per heavy atom. The van der Waals surface area contributed by atoms with E-state index in [-0.39, 0.29) is 23.5 Å². The van der Waals surface area contributed by atoms with Crippen LogP contribution in [0.25, 0.3) is 10.2 Å². The zero-order chi connectivity index (χ0) is 28.1. The van der Waals surface area contributed by atoms with Gasteiger partial charge in [0.2, 0.25) is 5.91 Å². The minimum Gasteiger partial charge on any atom is -0.378 e. The SMILES string of the molecule is CC(C)c1ccccc1NC(=O)CSc1nc2ccc(NC(=O)c3ccccc3C(=O)N3CCOCC3)cc2s1. The minimum absolute atomic E-state index is 0.0874. The first kappa shape index (κ1) is 27.8. The van der Waals surface area contributed by atoms with Crippen LogP contribution in [0.1, 0.15) is 46.0 Å². The molecule has 5 rings (SSSR count). The highest BCUT2D eigenvalue weighted by Gasteiger charge is 2.23. The Bertz CT molecular complexity index is 1550. The molecule has 3 amide bonds. The molecule has 0 atom stereocenters. The number of hydrogen-bond acceptors (Lipinski definition) is 7. The average Bonchev–Trinajstić information content (AvgIpc) is 3.38. The van der Waals surface area contributed by atoms with Crippen LogP contribution in [0.4, 0.5) is 11.4 Å². The Hall–Kier alpha value is -3.73. The van der Waals surface area contributed by atoms with E-state index in [4.69, 9.17) is 4.74 Å². The maximum atomic E-state index is 13.2. The third kappa shape index (κ3) is 6.52. The average molecular weight is 575 g/mol. The monoisotopic (exact) mass is 574 g/mol. The van der Waals surface area contributed by atoms with E-state index in [2.05, 4.69) is 29.5 Å². The molecule has 1 saturated heterocycles. The smallest absolute Gasteiger partial charge is 0.256 e. The van der Waals surface area contributed by atoms with Gasteiger partial charge in [0.25, 0.3) is 11.8 Å². The number of fused-ring (bicyclic) bond motifs is 1. The zero-order valence-corrected chi connectivity index (χ0v) is 23.9. The molecule has 4 aromatic rings. The number of nitrogens with zero attached hydrogens (tertiary/aromatic N) is 2. The highest BCUT2D eigenvalue weighted by molar-refractivity contribution is 8.01. The molecule has 0 aliphatic carbocycles. The van der Waals surface area contributed by atoms with Gasteiger partial charge >= 0.3 is 0 Å². The molecule has 1 aliphatic heterocycles. The first-order valence-corrected chi connectivity index (χ1v) is 14.9. The zero-order valence-electron chi connectivity index (χ0n) is 22.3. The Morgan fingerprint density at radius 2 is 1.70 bits per heavy atom. The van der Waals surface area contributed by atoms with Crippen molar-refractivity contribution in [3.63, 3.8) is 0 Å². The molecular formula is C30H30N4O4S2. The summed E-state index contributed by atoms with van der Waals surface area (Å²) in [7, 11) is 0. The summed E-state index contributed by atoms with van der Waals surface area (Å²) in [6, 6.07) is 20.2. The van der Waals surface area contributed by atoms with Gasteiger partial charge in [-0.1, -0.05) is 55.9 Å². The van der Waals surface area contributed by atoms with Crippen LogP contribution in [0.15, 0.2) is 71.1 Å². The van der Waals surface area contributed by atoms with Crippen LogP contribution in [-0.4, -0.2) is 59.7 Å². The lowest BCUT2D eigenvalue weighted by molar-refractivity contribution is -0.113. The Morgan fingerprint density at radius 3 is 2.48 bits per heavy atom. The Balaban J connectivity index is 1.23. The number of ether oxygens (including phenoxy) is 1. The normalized spacial score (nSPS) is 13.4. The lowest BCUT2D eigenvalue weighted by atomic mass is 10.0. The Kier molecular flexibility index (Phi) is 8.78. The standard InChI is InChI=1S/C30H30N4O4S2/c1-19(2)21-7-5-6-10-24(21)32-27(35)18-39-30-33-25-12-11-20(17-26(25)40-30)31-28(36)22-8-3-4-9-23(22)29(37)34-13-15-38-16-14-34/h3-12,17,19H,13-16,18H2,1-2H3,(H,31,36)(H,32,35). The van der Waals surface area contributed by atoms with Crippen molar-refractivity contribution in [2.24, 2.45) is 0 Å². The number of anilines is 2. The van der Waals surface area contributed by atoms with E-state index in [0.29, 0.717) is 49.0 Å². The second-order valence-electron chi connectivity index (χ2n) is 9.65. The van der Waals surface area contributed by atoms with Gasteiger partial charge in [-0.25, -0.2) is 4.98 Å². The van der Waals surface area contributed by atoms with Crippen LogP contribution in [0.2, 0.25) is 0 Å². The summed E-state index contributed by atoms with van der Waals surface area (Å²) in [5.74, 6) is -0.0686. The molecule has 1 aromatic heterocycles. The first-order chi connectivity index (χ1) is 19.4. The van der Waals surface area contributed by atoms with Crippen LogP contribution in [-0.2, 0) is 9.53 Å². The number of nitrogens with one attached hydrogen (secondary N) is 2. The molecule has 1 aliphatic rings. The summed E-state index contributed by atoms with van der Waals surface area (Å²) >= 11 is 2.85. The number of thiazole rings is 1. The number of carbonyl (C=O) groups excluding carboxylic acids is 3. The molecule has 2 heterocycles. The van der Waals surface area contributed by atoms with Crippen molar-refractivity contribution in [3.05, 3.63) is 83.4 Å². The van der Waals surface area contributed by atoms with Crippen LogP contribution in [0.5, 0.6) is 0 Å². The summed E-state index contributed by atoms with van der Waals surface area (Å²) in [6.07, 6.45) is 0. The predicted octanol–water partition coefficient (Wildman–Crippen LogP) is 5.88. The van der Waals surface area contributed by atoms with Crippen molar-refractivity contribution in [2.45, 2.75) is 24.1 Å². The maximum Gasteiger partial charge on any atom is 0.256 e. The molecule has 8 nitrogen and oxygen atoms in total. The van der Waals surface area contributed by atoms with Gasteiger partial charge < -0.3 is 20.3 Å². The second-order valence-corrected chi connectivity index (χ2v) is 11.9. The highest BCUT2D eigenvalue weighted by atomic mass is 32.2. The van der Waals surface area contributed by atoms with Crippen molar-refractivity contribution >= 4 is 62.4 Å². The van der Waals surface area contributed by atoms with Crippen LogP contribution in [0.3, 0.4) is 0 Å². The first-order valence-electron chi connectivity index (χ1n) is 13.1. The van der Waals surface area contributed by atoms with Crippen molar-refractivity contribution in [3.8, 4) is 0 Å². The predicted molar refractivity (Wildman–Crippen MR) is 161 cm³/mol. The van der Waals surface area contributed by atoms with Gasteiger partial charge in [-0.15, -0.1) is 11.3 Å². The largest absolute Gasteiger partial charge is 0.378 e. The summed E-state index contributed by atoms with van der Waals surface area (Å²) in [5, 5.41) is 5.94. The van der Waals surface area contributed by atoms with Crippen LogP contribution >= 0.6 is 23.1 Å². The molecule has 10 heteroatoms. The van der Waals surface area contributed by atoms with Crippen molar-refractivity contribution in [1.82, 2.24) is 9.88 Å². The lowest BCUT2D eigenvalue weighted by Crippen LogP contribution is -2.41. The highest BCUT2D eigenvalue weighted by Crippen LogP contribution is 2.32. The van der Waals surface area contributed by atoms with E-state index in [9.17, 15) is 14.4 Å². The molecule has 0 spiro atoms. The Labute approximate surface area is 241 Å². The molecule has 1 fully saturated rings. The molecule has 0 bridgehead atoms. The molecule has 206 valence electrons. The summed E-state index contributed by atoms with van der Waals surface area (Å²) < 4.78 is 7.01. The quantitative estimate of drug-likeness (QED) is 0.255. The van der Waals surface area contributed by atoms with Gasteiger partial charge in [0.1, 0.15) is 0 Å². The van der Waals surface area contributed by atoms with E-state index >= 15 is 0 Å². The van der Waals surface area contributed by atoms with Crippen molar-refractivity contribution in [1.29, 1.82) is 0 Å². The second kappa shape index (κ2) is 12.6. The van der Waals surface area contributed by atoms with E-state index in [1.807, 2.05) is 36.4 Å². The number of morpholine rings is 1. The third-order valence-corrected chi connectivity index (χ3v) is 8.67. The summed E-state index contributed by atoms with van der Waals surface area (Å²) in [5.41, 5.74) is 4.02. The molecule has 0 unspecified atom stereocenters. The van der Waals surface area contributed by atoms with Gasteiger partial charge in [-0.2, -0.15) is 0 Å². The molecule has 0 radical (unpaired) electrons. The van der Waals surface area contributed by atoms with Gasteiger partial charge in [0.05, 0.1) is 40.3 Å². The third-order valence-electron chi connectivity index (χ3n) is 6.51. The summed E-state index contributed by atoms with van der Waals surface area (Å²) in [6.45, 7) is 6.19. The molecule has 40 heavy (non-hydrogen) atoms. The number of thioether (sulfide) groups is 1. The molecule has 0 saturated carbocycles. The number of hydrogen-bond donors (Lipinski definition) is 2. The fraction of sp³-hybridized carbons (Fsp3) is 0.267. The van der Waals surface area contributed by atoms with E-state index < -0.39 is 0 Å². The number of amides is 3. The lowest BCUT2D eigenvalue weighted by Gasteiger charge is -2.27.